The number of nitro groups is 2. The van der Waals surface area contributed by atoms with Crippen LogP contribution in [0.5, 0.6) is 0 Å². The minimum Gasteiger partial charge on any atom is -0.366 e. The summed E-state index contributed by atoms with van der Waals surface area (Å²) in [5, 5.41) is 22.3. The zero-order chi connectivity index (χ0) is 21.8. The van der Waals surface area contributed by atoms with Gasteiger partial charge in [0.05, 0.1) is 15.9 Å². The Morgan fingerprint density at radius 1 is 1.07 bits per heavy atom. The number of nitro benzene ring substituents is 2. The van der Waals surface area contributed by atoms with E-state index in [-0.39, 0.29) is 34.2 Å². The van der Waals surface area contributed by atoms with E-state index in [9.17, 15) is 25.0 Å². The molecule has 2 aromatic carbocycles. The van der Waals surface area contributed by atoms with Gasteiger partial charge < -0.3 is 9.80 Å². The number of hydrogen-bond donors (Lipinski definition) is 0. The fraction of sp³-hybridized carbons (Fsp3) is 0.381. The van der Waals surface area contributed by atoms with Gasteiger partial charge in [-0.15, -0.1) is 0 Å². The molecule has 2 aromatic rings. The van der Waals surface area contributed by atoms with Gasteiger partial charge in [-0.1, -0.05) is 24.3 Å². The molecule has 1 saturated heterocycles. The lowest BCUT2D eigenvalue weighted by Gasteiger charge is -2.35. The van der Waals surface area contributed by atoms with Crippen molar-refractivity contribution in [1.82, 2.24) is 4.90 Å². The van der Waals surface area contributed by atoms with Gasteiger partial charge >= 0.3 is 0 Å². The lowest BCUT2D eigenvalue weighted by atomic mass is 9.93. The summed E-state index contributed by atoms with van der Waals surface area (Å²) in [5.41, 5.74) is 1.35. The number of nitrogens with zero attached hydrogens (tertiary/aromatic N) is 4. The highest BCUT2D eigenvalue weighted by atomic mass is 16.6. The first-order valence-corrected chi connectivity index (χ1v) is 9.79. The van der Waals surface area contributed by atoms with E-state index in [4.69, 9.17) is 0 Å². The Hall–Kier alpha value is -3.49. The maximum atomic E-state index is 13.0. The van der Waals surface area contributed by atoms with Gasteiger partial charge in [0.25, 0.3) is 11.4 Å². The Morgan fingerprint density at radius 3 is 2.37 bits per heavy atom. The fourth-order valence-corrected chi connectivity index (χ4v) is 3.85. The third-order valence-electron chi connectivity index (χ3n) is 5.76. The van der Waals surface area contributed by atoms with Crippen LogP contribution in [0.2, 0.25) is 0 Å². The quantitative estimate of drug-likeness (QED) is 0.525. The van der Waals surface area contributed by atoms with Gasteiger partial charge in [0, 0.05) is 44.3 Å². The smallest absolute Gasteiger partial charge is 0.292 e. The summed E-state index contributed by atoms with van der Waals surface area (Å²) in [5.74, 6) is -0.202. The number of hydrogen-bond acceptors (Lipinski definition) is 6. The molecule has 1 aliphatic rings. The zero-order valence-corrected chi connectivity index (χ0v) is 16.9. The Kier molecular flexibility index (Phi) is 6.29. The fourth-order valence-electron chi connectivity index (χ4n) is 3.85. The number of carbonyl (C=O) groups excluding carboxylic acids is 1. The van der Waals surface area contributed by atoms with Crippen molar-refractivity contribution in [3.63, 3.8) is 0 Å². The summed E-state index contributed by atoms with van der Waals surface area (Å²) in [6, 6.07) is 12.6. The molecule has 0 saturated carbocycles. The summed E-state index contributed by atoms with van der Waals surface area (Å²) in [4.78, 5) is 38.1. The average molecular weight is 412 g/mol. The second-order valence-corrected chi connectivity index (χ2v) is 7.48. The monoisotopic (exact) mass is 412 g/mol. The molecule has 9 heteroatoms. The Balaban J connectivity index is 1.66. The molecule has 0 radical (unpaired) electrons. The number of para-hydroxylation sites is 2. The van der Waals surface area contributed by atoms with Crippen LogP contribution in [0.4, 0.5) is 17.1 Å². The Labute approximate surface area is 174 Å². The van der Waals surface area contributed by atoms with Gasteiger partial charge in [0.15, 0.2) is 0 Å². The van der Waals surface area contributed by atoms with Gasteiger partial charge in [-0.25, -0.2) is 0 Å². The number of rotatable bonds is 6. The summed E-state index contributed by atoms with van der Waals surface area (Å²) >= 11 is 0. The minimum atomic E-state index is -0.448. The molecule has 9 nitrogen and oxygen atoms in total. The van der Waals surface area contributed by atoms with Crippen LogP contribution in [-0.4, -0.2) is 40.8 Å². The van der Waals surface area contributed by atoms with Gasteiger partial charge in [0.2, 0.25) is 5.91 Å². The summed E-state index contributed by atoms with van der Waals surface area (Å²) < 4.78 is 0. The average Bonchev–Trinajstić information content (AvgIpc) is 2.77. The van der Waals surface area contributed by atoms with Crippen LogP contribution in [0, 0.1) is 26.1 Å². The SMILES string of the molecule is CC(c1cccc([N+](=O)[O-])c1)N(C)C(=O)C1CCN(c2ccccc2[N+](=O)[O-])CC1. The molecular formula is C21H24N4O5. The normalized spacial score (nSPS) is 15.5. The first kappa shape index (κ1) is 21.2. The number of non-ortho nitro benzene ring substituents is 1. The van der Waals surface area contributed by atoms with Gasteiger partial charge in [0.1, 0.15) is 5.69 Å². The lowest BCUT2D eigenvalue weighted by Crippen LogP contribution is -2.42. The Bertz CT molecular complexity index is 956. The van der Waals surface area contributed by atoms with Gasteiger partial charge in [-0.05, 0) is 31.4 Å². The predicted molar refractivity (Wildman–Crippen MR) is 112 cm³/mol. The van der Waals surface area contributed by atoms with E-state index >= 15 is 0 Å². The van der Waals surface area contributed by atoms with Crippen molar-refractivity contribution in [2.24, 2.45) is 5.92 Å². The molecule has 0 bridgehead atoms. The third kappa shape index (κ3) is 4.40. The Morgan fingerprint density at radius 2 is 1.73 bits per heavy atom. The maximum Gasteiger partial charge on any atom is 0.292 e. The lowest BCUT2D eigenvalue weighted by molar-refractivity contribution is -0.385. The molecule has 158 valence electrons. The van der Waals surface area contributed by atoms with E-state index in [1.807, 2.05) is 11.8 Å². The highest BCUT2D eigenvalue weighted by molar-refractivity contribution is 5.79. The van der Waals surface area contributed by atoms with Crippen LogP contribution in [0.3, 0.4) is 0 Å². The predicted octanol–water partition coefficient (Wildman–Crippen LogP) is 3.94. The number of benzene rings is 2. The largest absolute Gasteiger partial charge is 0.366 e. The highest BCUT2D eigenvalue weighted by Crippen LogP contribution is 2.32. The van der Waals surface area contributed by atoms with Gasteiger partial charge in [-0.2, -0.15) is 0 Å². The van der Waals surface area contributed by atoms with E-state index in [2.05, 4.69) is 0 Å². The number of amides is 1. The van der Waals surface area contributed by atoms with E-state index < -0.39 is 4.92 Å². The van der Waals surface area contributed by atoms with E-state index in [1.54, 1.807) is 42.3 Å². The standard InChI is InChI=1S/C21H24N4O5/c1-15(17-6-5-7-18(14-17)24(27)28)22(2)21(26)16-10-12-23(13-11-16)19-8-3-4-9-20(19)25(29)30/h3-9,14-16H,10-13H2,1-2H3. The van der Waals surface area contributed by atoms with Crippen LogP contribution in [0.25, 0.3) is 0 Å². The van der Waals surface area contributed by atoms with Crippen molar-refractivity contribution in [2.75, 3.05) is 25.0 Å². The molecule has 1 unspecified atom stereocenters. The van der Waals surface area contributed by atoms with Gasteiger partial charge in [-0.3, -0.25) is 25.0 Å². The van der Waals surface area contributed by atoms with Crippen LogP contribution in [0.1, 0.15) is 31.4 Å². The maximum absolute atomic E-state index is 13.0. The topological polar surface area (TPSA) is 110 Å². The van der Waals surface area contributed by atoms with Crippen molar-refractivity contribution in [2.45, 2.75) is 25.8 Å². The first-order chi connectivity index (χ1) is 14.3. The zero-order valence-electron chi connectivity index (χ0n) is 16.9. The minimum absolute atomic E-state index is 0.00189. The van der Waals surface area contributed by atoms with E-state index in [0.717, 1.165) is 0 Å². The molecule has 1 heterocycles. The second-order valence-electron chi connectivity index (χ2n) is 7.48. The number of carbonyl (C=O) groups is 1. The summed E-state index contributed by atoms with van der Waals surface area (Å²) in [6.45, 7) is 2.96. The molecule has 1 aliphatic heterocycles. The first-order valence-electron chi connectivity index (χ1n) is 9.79. The molecule has 1 atom stereocenters. The van der Waals surface area contributed by atoms with E-state index in [0.29, 0.717) is 37.2 Å². The third-order valence-corrected chi connectivity index (χ3v) is 5.76. The van der Waals surface area contributed by atoms with Crippen molar-refractivity contribution in [3.05, 3.63) is 74.3 Å². The van der Waals surface area contributed by atoms with Crippen molar-refractivity contribution in [1.29, 1.82) is 0 Å². The molecule has 1 fully saturated rings. The van der Waals surface area contributed by atoms with Crippen LogP contribution >= 0.6 is 0 Å². The number of piperidine rings is 1. The van der Waals surface area contributed by atoms with Crippen LogP contribution in [-0.2, 0) is 4.79 Å². The highest BCUT2D eigenvalue weighted by Gasteiger charge is 2.31. The van der Waals surface area contributed by atoms with Crippen molar-refractivity contribution in [3.8, 4) is 0 Å². The molecule has 0 aliphatic carbocycles. The molecular weight excluding hydrogens is 388 g/mol. The van der Waals surface area contributed by atoms with Crippen LogP contribution in [0.15, 0.2) is 48.5 Å². The molecule has 30 heavy (non-hydrogen) atoms. The van der Waals surface area contributed by atoms with Crippen molar-refractivity contribution < 1.29 is 14.6 Å². The summed E-state index contributed by atoms with van der Waals surface area (Å²) in [7, 11) is 1.71. The number of anilines is 1. The summed E-state index contributed by atoms with van der Waals surface area (Å²) in [6.07, 6.45) is 1.19. The van der Waals surface area contributed by atoms with E-state index in [1.165, 1.54) is 18.2 Å². The van der Waals surface area contributed by atoms with Crippen molar-refractivity contribution >= 4 is 23.0 Å². The second kappa shape index (κ2) is 8.89. The van der Waals surface area contributed by atoms with Crippen LogP contribution < -0.4 is 4.90 Å². The molecule has 1 amide bonds. The molecule has 0 aromatic heterocycles. The molecule has 0 N–H and O–H groups in total. The molecule has 0 spiro atoms. The molecule has 3 rings (SSSR count).